The number of halogens is 5. The van der Waals surface area contributed by atoms with Gasteiger partial charge < -0.3 is 55.4 Å². The van der Waals surface area contributed by atoms with Gasteiger partial charge in [-0.25, -0.2) is 13.8 Å². The number of aromatic hydroxyl groups is 4. The van der Waals surface area contributed by atoms with Gasteiger partial charge in [0.1, 0.15) is 51.7 Å². The van der Waals surface area contributed by atoms with Crippen molar-refractivity contribution in [3.63, 3.8) is 0 Å². The first-order valence-corrected chi connectivity index (χ1v) is 41.8. The minimum absolute atomic E-state index is 0.0574. The van der Waals surface area contributed by atoms with Crippen LogP contribution in [-0.4, -0.2) is 70.1 Å². The number of anilines is 2. The van der Waals surface area contributed by atoms with Crippen LogP contribution in [0.15, 0.2) is 367 Å². The Balaban J connectivity index is 0.000000151. The van der Waals surface area contributed by atoms with Gasteiger partial charge in [0.05, 0.1) is 87.8 Å². The number of nitrogens with one attached hydrogen (secondary N) is 3. The second-order valence-electron chi connectivity index (χ2n) is 29.0. The number of rotatable bonds is 24. The molecule has 0 amide bonds. The summed E-state index contributed by atoms with van der Waals surface area (Å²) in [6.07, 6.45) is 3.48. The third-order valence-electron chi connectivity index (χ3n) is 19.6. The van der Waals surface area contributed by atoms with Crippen LogP contribution in [0.1, 0.15) is 101 Å². The number of aromatic nitrogens is 4. The van der Waals surface area contributed by atoms with E-state index < -0.39 is 29.3 Å². The number of nitrogens with zero attached hydrogens (tertiary/aromatic N) is 4. The number of para-hydroxylation sites is 6. The number of thiol groups is 1. The third-order valence-corrected chi connectivity index (χ3v) is 21.3. The number of phenolic OH excluding ortho intramolecular Hbond substituents is 4. The molecule has 0 saturated carbocycles. The number of aliphatic hydroxyl groups excluding tert-OH is 1. The van der Waals surface area contributed by atoms with Crippen LogP contribution in [0, 0.1) is 0 Å². The number of ether oxygens (including phenoxy) is 3. The number of phenols is 4. The van der Waals surface area contributed by atoms with Crippen molar-refractivity contribution in [1.82, 2.24) is 19.9 Å². The Bertz CT molecular complexity index is 6130. The number of imidazole rings is 1. The Kier molecular flexibility index (Phi) is 33.9. The summed E-state index contributed by atoms with van der Waals surface area (Å²) in [5, 5.41) is 61.1. The molecule has 0 fully saturated rings. The highest BCUT2D eigenvalue weighted by Gasteiger charge is 2.35. The Hall–Kier alpha value is -13.8. The number of fused-ring (bicyclic) bond motifs is 2. The van der Waals surface area contributed by atoms with Gasteiger partial charge in [0.15, 0.2) is 0 Å². The van der Waals surface area contributed by atoms with Crippen molar-refractivity contribution >= 4 is 85.6 Å². The summed E-state index contributed by atoms with van der Waals surface area (Å²) in [5.74, 6) is 1.22. The van der Waals surface area contributed by atoms with Crippen molar-refractivity contribution in [3.8, 4) is 57.3 Å². The molecule has 0 radical (unpaired) electrons. The summed E-state index contributed by atoms with van der Waals surface area (Å²) in [4.78, 5) is 21.3. The van der Waals surface area contributed by atoms with Crippen LogP contribution in [0.2, 0.25) is 0 Å². The molecule has 0 aliphatic rings. The monoisotopic (exact) mass is 1750 g/mol. The van der Waals surface area contributed by atoms with E-state index in [4.69, 9.17) is 26.4 Å². The highest BCUT2D eigenvalue weighted by atomic mass is 32.2. The van der Waals surface area contributed by atoms with Gasteiger partial charge in [0.2, 0.25) is 0 Å². The molecule has 15 nitrogen and oxygen atoms in total. The molecule has 2 unspecified atom stereocenters. The molecule has 23 heteroatoms. The molecular formula is C103H94F5N7O8S3. The van der Waals surface area contributed by atoms with E-state index in [0.29, 0.717) is 63.7 Å². The maximum atomic E-state index is 13.6. The minimum Gasteiger partial charge on any atom is -0.508 e. The van der Waals surface area contributed by atoms with Crippen molar-refractivity contribution in [2.24, 2.45) is 4.99 Å². The molecule has 642 valence electrons. The maximum Gasteiger partial charge on any atom is 0.416 e. The average molecular weight is 1750 g/mol. The molecule has 126 heavy (non-hydrogen) atoms. The van der Waals surface area contributed by atoms with Crippen LogP contribution in [0.4, 0.5) is 39.0 Å². The predicted octanol–water partition coefficient (Wildman–Crippen LogP) is 26.7. The molecule has 16 aromatic rings. The second-order valence-corrected chi connectivity index (χ2v) is 31.2. The maximum absolute atomic E-state index is 13.6. The third kappa shape index (κ3) is 27.8. The molecule has 0 aliphatic carbocycles. The van der Waals surface area contributed by atoms with Gasteiger partial charge in [-0.2, -0.15) is 13.2 Å². The first kappa shape index (κ1) is 92.9. The smallest absolute Gasteiger partial charge is 0.416 e. The van der Waals surface area contributed by atoms with E-state index in [9.17, 15) is 47.5 Å². The van der Waals surface area contributed by atoms with Gasteiger partial charge in [-0.15, -0.1) is 12.6 Å². The number of aryl methyl sites for hydroxylation is 2. The number of alkyl halides is 5. The van der Waals surface area contributed by atoms with E-state index >= 15 is 0 Å². The summed E-state index contributed by atoms with van der Waals surface area (Å²) >= 11 is 10.0. The van der Waals surface area contributed by atoms with Crippen molar-refractivity contribution in [2.75, 3.05) is 24.9 Å². The molecule has 0 aliphatic heterocycles. The van der Waals surface area contributed by atoms with E-state index in [0.717, 1.165) is 113 Å². The highest BCUT2D eigenvalue weighted by Crippen LogP contribution is 2.45. The number of pyridine rings is 2. The fraction of sp³-hybridized carbons (Fsp3) is 0.136. The Morgan fingerprint density at radius 1 is 0.556 bits per heavy atom. The molecule has 0 spiro atoms. The van der Waals surface area contributed by atoms with Crippen molar-refractivity contribution < 1.29 is 61.7 Å². The fourth-order valence-electron chi connectivity index (χ4n) is 12.9. The lowest BCUT2D eigenvalue weighted by Gasteiger charge is -2.23. The van der Waals surface area contributed by atoms with Crippen LogP contribution in [-0.2, 0) is 31.5 Å². The predicted molar refractivity (Wildman–Crippen MR) is 503 cm³/mol. The second kappa shape index (κ2) is 46.0. The topological polar surface area (TPSA) is 220 Å². The summed E-state index contributed by atoms with van der Waals surface area (Å²) in [7, 11) is 3.17. The van der Waals surface area contributed by atoms with E-state index in [-0.39, 0.29) is 35.5 Å². The summed E-state index contributed by atoms with van der Waals surface area (Å²) in [5.41, 5.74) is 8.64. The molecule has 3 aromatic heterocycles. The standard InChI is InChI=1S/C23H26N2O.C22H19F5N2O.C20H14O2S.C20H18O2.C14H13NO2.C4H4N2S2/c1-17(2)18-11-13-20(14-12-18)25-22(21-10-6-7-15-24-21)16-23(26)19-8-4-3-5-9-19;1-21(23,24)15-10-16(22(25,26)27)12-18(11-15)28-13-17-4-3-5-20(29-17)14-6-8-19(30-2)9-7-14;21-17-10-9-13-5-3-4-8-16(13)20(17)23-19-12-15-7-2-1-6-14(15)11-18(19)22;21-19-12-6-4-8-16(19)14-15-17-9-5-7-13-20(17)22-18-10-2-1-3-11-18;1-17-14-9-5-3-7-12(14)15-10-11-6-2-4-8-13(11)16;7-4(8)3-1-5-2-6-3/h3-15,17,22-23,25-26H,16H2,1-2H3;3-12,28H,13H2,1-2H3;1-12,21-22H;1-13,21H,14-15H2;2-10,16H,1H3;1-2H,(H,5,6)(H,7,8). The number of thiocarbonyl (C=S) groups is 1. The van der Waals surface area contributed by atoms with Crippen LogP contribution >= 0.6 is 36.6 Å². The molecule has 0 bridgehead atoms. The van der Waals surface area contributed by atoms with Gasteiger partial charge in [0, 0.05) is 53.8 Å². The summed E-state index contributed by atoms with van der Waals surface area (Å²) < 4.78 is 83.4. The molecular weight excluding hydrogens is 1650 g/mol. The Morgan fingerprint density at radius 3 is 1.82 bits per heavy atom. The first-order chi connectivity index (χ1) is 60.8. The zero-order chi connectivity index (χ0) is 89.4. The lowest BCUT2D eigenvalue weighted by molar-refractivity contribution is -0.137. The quantitative estimate of drug-likeness (QED) is 0.0119. The van der Waals surface area contributed by atoms with Crippen LogP contribution in [0.3, 0.4) is 0 Å². The molecule has 0 saturated heterocycles. The zero-order valence-corrected chi connectivity index (χ0v) is 72.1. The Morgan fingerprint density at radius 2 is 1.17 bits per heavy atom. The molecule has 16 rings (SSSR count). The van der Waals surface area contributed by atoms with E-state index in [1.807, 2.05) is 218 Å². The summed E-state index contributed by atoms with van der Waals surface area (Å²) in [6.45, 7) is 5.01. The first-order valence-electron chi connectivity index (χ1n) is 40.2. The van der Waals surface area contributed by atoms with Crippen molar-refractivity contribution in [3.05, 3.63) is 408 Å². The van der Waals surface area contributed by atoms with Gasteiger partial charge in [-0.1, -0.05) is 226 Å². The fourth-order valence-corrected chi connectivity index (χ4v) is 14.1. The number of aromatic amines is 1. The lowest BCUT2D eigenvalue weighted by atomic mass is 9.99. The molecule has 2 atom stereocenters. The van der Waals surface area contributed by atoms with Crippen molar-refractivity contribution in [1.29, 1.82) is 0 Å². The molecule has 3 heterocycles. The molecule has 13 aromatic carbocycles. The number of aliphatic imine (C=N–C) groups is 1. The van der Waals surface area contributed by atoms with Gasteiger partial charge in [0.25, 0.3) is 5.92 Å². The Labute approximate surface area is 744 Å². The minimum atomic E-state index is -4.73. The highest BCUT2D eigenvalue weighted by molar-refractivity contribution is 8.11. The number of methoxy groups -OCH3 is 2. The van der Waals surface area contributed by atoms with E-state index in [1.54, 1.807) is 106 Å². The van der Waals surface area contributed by atoms with Gasteiger partial charge in [-0.3, -0.25) is 15.0 Å². The van der Waals surface area contributed by atoms with E-state index in [1.165, 1.54) is 17.3 Å². The van der Waals surface area contributed by atoms with E-state index in [2.05, 4.69) is 92.4 Å². The van der Waals surface area contributed by atoms with Gasteiger partial charge in [-0.05, 0) is 208 Å². The number of benzene rings is 13. The largest absolute Gasteiger partial charge is 0.508 e. The number of aliphatic hydroxyl groups is 1. The van der Waals surface area contributed by atoms with Crippen LogP contribution < -0.4 is 24.8 Å². The zero-order valence-electron chi connectivity index (χ0n) is 69.5. The lowest BCUT2D eigenvalue weighted by Crippen LogP contribution is -2.16. The van der Waals surface area contributed by atoms with Crippen LogP contribution in [0.25, 0.3) is 32.8 Å². The average Bonchev–Trinajstić information content (AvgIpc) is 0.851. The van der Waals surface area contributed by atoms with Crippen LogP contribution in [0.5, 0.6) is 46.0 Å². The summed E-state index contributed by atoms with van der Waals surface area (Å²) in [6, 6.07) is 102. The molecule has 8 N–H and O–H groups in total. The number of hydrogen-bond acceptors (Lipinski definition) is 16. The number of H-pyrrole nitrogens is 1. The SMILES string of the molecule is CC(C)c1ccc(NC(CC(O)c2ccccc2)c2ccccn2)cc1.COc1ccc(-c2cccc(CNc3cc(C(C)(F)F)cc(C(F)(F)F)c3)n2)cc1.COc1ccccc1N=Cc1ccccc1O.Oc1cc2ccccc2cc1Sc1c(O)ccc2ccccc12.Oc1ccccc1CCc1ccccc1Oc1ccccc1.S=C(S)c1cnc[nH]1. The van der Waals surface area contributed by atoms with Crippen molar-refractivity contribution in [2.45, 2.75) is 86.5 Å². The van der Waals surface area contributed by atoms with Gasteiger partial charge >= 0.3 is 6.18 Å². The number of hydrogen-bond donors (Lipinski definition) is 9. The normalized spacial score (nSPS) is 11.5.